The summed E-state index contributed by atoms with van der Waals surface area (Å²) in [5.41, 5.74) is -0.381. The number of hydrogen-bond acceptors (Lipinski definition) is 3. The van der Waals surface area contributed by atoms with Crippen LogP contribution in [-0.4, -0.2) is 47.5 Å². The number of fused-ring (bicyclic) bond motifs is 2. The zero-order chi connectivity index (χ0) is 12.2. The average molecular weight is 248 g/mol. The maximum absolute atomic E-state index is 12.4. The zero-order valence-corrected chi connectivity index (χ0v) is 10.6. The van der Waals surface area contributed by atoms with E-state index >= 15 is 0 Å². The van der Waals surface area contributed by atoms with Crippen molar-refractivity contribution in [1.82, 2.24) is 15.5 Å². The first-order valence-corrected chi connectivity index (χ1v) is 7.19. The molecule has 0 aromatic heterocycles. The summed E-state index contributed by atoms with van der Waals surface area (Å²) < 4.78 is 0. The van der Waals surface area contributed by atoms with Crippen LogP contribution in [0.1, 0.15) is 38.5 Å². The molecule has 4 fully saturated rings. The average Bonchev–Trinajstić information content (AvgIpc) is 3.02. The van der Waals surface area contributed by atoms with Crippen LogP contribution in [-0.2, 0) is 4.79 Å². The molecule has 0 bridgehead atoms. The van der Waals surface area contributed by atoms with Crippen molar-refractivity contribution in [2.45, 2.75) is 56.1 Å². The molecule has 5 nitrogen and oxygen atoms in total. The molecule has 98 valence electrons. The summed E-state index contributed by atoms with van der Waals surface area (Å²) in [7, 11) is 0. The van der Waals surface area contributed by atoms with Crippen molar-refractivity contribution in [2.24, 2.45) is 4.99 Å². The van der Waals surface area contributed by atoms with Gasteiger partial charge in [0.1, 0.15) is 5.54 Å². The summed E-state index contributed by atoms with van der Waals surface area (Å²) in [6, 6.07) is 0.824. The Morgan fingerprint density at radius 1 is 1.22 bits per heavy atom. The second-order valence-corrected chi connectivity index (χ2v) is 6.06. The highest BCUT2D eigenvalue weighted by Gasteiger charge is 2.57. The molecule has 0 aromatic rings. The van der Waals surface area contributed by atoms with Crippen molar-refractivity contribution in [1.29, 1.82) is 0 Å². The molecular formula is C13H20N4O. The molecule has 2 N–H and O–H groups in total. The normalized spacial score (nSPS) is 42.1. The minimum Gasteiger partial charge on any atom is -0.340 e. The molecule has 1 saturated carbocycles. The lowest BCUT2D eigenvalue weighted by Crippen LogP contribution is -2.57. The molecule has 2 unspecified atom stereocenters. The van der Waals surface area contributed by atoms with Gasteiger partial charge in [-0.05, 0) is 38.6 Å². The number of nitrogens with zero attached hydrogens (tertiary/aromatic N) is 2. The number of amides is 1. The van der Waals surface area contributed by atoms with Gasteiger partial charge in [-0.25, -0.2) is 4.99 Å². The molecule has 1 amide bonds. The SMILES string of the molecule is O=C1NC(=NC2CC2)NC12CCN1CCCCC12. The summed E-state index contributed by atoms with van der Waals surface area (Å²) >= 11 is 0. The van der Waals surface area contributed by atoms with Gasteiger partial charge in [-0.2, -0.15) is 0 Å². The van der Waals surface area contributed by atoms with E-state index in [-0.39, 0.29) is 11.4 Å². The van der Waals surface area contributed by atoms with E-state index in [4.69, 9.17) is 0 Å². The first-order valence-electron chi connectivity index (χ1n) is 7.19. The first kappa shape index (κ1) is 10.8. The third-order valence-corrected chi connectivity index (χ3v) is 4.81. The van der Waals surface area contributed by atoms with E-state index in [1.807, 2.05) is 0 Å². The van der Waals surface area contributed by atoms with Gasteiger partial charge in [0.15, 0.2) is 5.96 Å². The van der Waals surface area contributed by atoms with E-state index in [2.05, 4.69) is 20.5 Å². The summed E-state index contributed by atoms with van der Waals surface area (Å²) in [6.07, 6.45) is 6.92. The standard InChI is InChI=1S/C13H20N4O/c18-11-13(16-12(15-11)14-9-4-5-9)6-8-17-7-2-1-3-10(13)17/h9-10H,1-8H2,(H2,14,15,16,18). The molecule has 0 radical (unpaired) electrons. The number of aliphatic imine (C=N–C) groups is 1. The Bertz CT molecular complexity index is 417. The van der Waals surface area contributed by atoms with Crippen LogP contribution < -0.4 is 10.6 Å². The van der Waals surface area contributed by atoms with Crippen molar-refractivity contribution < 1.29 is 4.79 Å². The van der Waals surface area contributed by atoms with Crippen molar-refractivity contribution in [3.63, 3.8) is 0 Å². The molecule has 1 aliphatic carbocycles. The van der Waals surface area contributed by atoms with Gasteiger partial charge < -0.3 is 5.32 Å². The zero-order valence-electron chi connectivity index (χ0n) is 10.6. The van der Waals surface area contributed by atoms with Crippen molar-refractivity contribution in [3.05, 3.63) is 0 Å². The molecule has 5 heteroatoms. The van der Waals surface area contributed by atoms with Crippen molar-refractivity contribution >= 4 is 11.9 Å². The molecule has 3 heterocycles. The Morgan fingerprint density at radius 2 is 2.11 bits per heavy atom. The molecule has 3 saturated heterocycles. The van der Waals surface area contributed by atoms with E-state index < -0.39 is 0 Å². The minimum atomic E-state index is -0.381. The molecule has 2 atom stereocenters. The third-order valence-electron chi connectivity index (χ3n) is 4.81. The highest BCUT2D eigenvalue weighted by molar-refractivity contribution is 6.09. The predicted octanol–water partition coefficient (Wildman–Crippen LogP) is 0.221. The highest BCUT2D eigenvalue weighted by atomic mass is 16.2. The Balaban J connectivity index is 1.61. The van der Waals surface area contributed by atoms with E-state index in [0.29, 0.717) is 12.1 Å². The summed E-state index contributed by atoms with van der Waals surface area (Å²) in [4.78, 5) is 19.4. The Hall–Kier alpha value is -1.10. The predicted molar refractivity (Wildman–Crippen MR) is 68.3 cm³/mol. The van der Waals surface area contributed by atoms with Gasteiger partial charge in [-0.15, -0.1) is 0 Å². The fraction of sp³-hybridized carbons (Fsp3) is 0.846. The summed E-state index contributed by atoms with van der Waals surface area (Å²) in [5, 5.41) is 6.40. The van der Waals surface area contributed by atoms with Gasteiger partial charge in [0.25, 0.3) is 5.91 Å². The molecule has 4 rings (SSSR count). The maximum atomic E-state index is 12.4. The van der Waals surface area contributed by atoms with Crippen LogP contribution in [0.4, 0.5) is 0 Å². The molecule has 3 aliphatic heterocycles. The number of carbonyl (C=O) groups excluding carboxylic acids is 1. The van der Waals surface area contributed by atoms with Gasteiger partial charge in [-0.3, -0.25) is 15.0 Å². The van der Waals surface area contributed by atoms with Gasteiger partial charge in [-0.1, -0.05) is 6.42 Å². The van der Waals surface area contributed by atoms with Crippen molar-refractivity contribution in [2.75, 3.05) is 13.1 Å². The van der Waals surface area contributed by atoms with Crippen LogP contribution >= 0.6 is 0 Å². The lowest BCUT2D eigenvalue weighted by Gasteiger charge is -2.36. The lowest BCUT2D eigenvalue weighted by molar-refractivity contribution is -0.125. The smallest absolute Gasteiger partial charge is 0.254 e. The van der Waals surface area contributed by atoms with Crippen LogP contribution in [0.3, 0.4) is 0 Å². The number of rotatable bonds is 1. The number of hydrogen-bond donors (Lipinski definition) is 2. The van der Waals surface area contributed by atoms with E-state index in [1.165, 1.54) is 25.7 Å². The molecule has 0 aromatic carbocycles. The molecular weight excluding hydrogens is 228 g/mol. The van der Waals surface area contributed by atoms with Crippen LogP contribution in [0.5, 0.6) is 0 Å². The fourth-order valence-electron chi connectivity index (χ4n) is 3.68. The quantitative estimate of drug-likeness (QED) is 0.698. The van der Waals surface area contributed by atoms with Gasteiger partial charge in [0, 0.05) is 12.6 Å². The summed E-state index contributed by atoms with van der Waals surface area (Å²) in [6.45, 7) is 2.19. The molecule has 1 spiro atoms. The van der Waals surface area contributed by atoms with Crippen molar-refractivity contribution in [3.8, 4) is 0 Å². The van der Waals surface area contributed by atoms with Gasteiger partial charge in [0.2, 0.25) is 0 Å². The molecule has 18 heavy (non-hydrogen) atoms. The summed E-state index contributed by atoms with van der Waals surface area (Å²) in [5.74, 6) is 0.881. The van der Waals surface area contributed by atoms with Crippen LogP contribution in [0, 0.1) is 0 Å². The van der Waals surface area contributed by atoms with Crippen LogP contribution in [0.25, 0.3) is 0 Å². The number of piperidine rings is 1. The Kier molecular flexibility index (Phi) is 2.22. The highest BCUT2D eigenvalue weighted by Crippen LogP contribution is 2.37. The van der Waals surface area contributed by atoms with Crippen LogP contribution in [0.2, 0.25) is 0 Å². The maximum Gasteiger partial charge on any atom is 0.254 e. The minimum absolute atomic E-state index is 0.149. The van der Waals surface area contributed by atoms with Crippen LogP contribution in [0.15, 0.2) is 4.99 Å². The Morgan fingerprint density at radius 3 is 2.94 bits per heavy atom. The second-order valence-electron chi connectivity index (χ2n) is 6.06. The van der Waals surface area contributed by atoms with Gasteiger partial charge in [0.05, 0.1) is 6.04 Å². The number of guanidine groups is 1. The third kappa shape index (κ3) is 1.49. The monoisotopic (exact) mass is 248 g/mol. The van der Waals surface area contributed by atoms with Gasteiger partial charge >= 0.3 is 0 Å². The Labute approximate surface area is 107 Å². The fourth-order valence-corrected chi connectivity index (χ4v) is 3.68. The number of carbonyl (C=O) groups is 1. The lowest BCUT2D eigenvalue weighted by atomic mass is 9.85. The second kappa shape index (κ2) is 3.70. The number of nitrogens with one attached hydrogen (secondary N) is 2. The largest absolute Gasteiger partial charge is 0.340 e. The van der Waals surface area contributed by atoms with E-state index in [1.54, 1.807) is 0 Å². The van der Waals surface area contributed by atoms with E-state index in [0.717, 1.165) is 31.9 Å². The van der Waals surface area contributed by atoms with E-state index in [9.17, 15) is 4.79 Å². The first-order chi connectivity index (χ1) is 8.78. The molecule has 4 aliphatic rings. The topological polar surface area (TPSA) is 56.7 Å².